The Hall–Kier alpha value is -2.57. The first-order chi connectivity index (χ1) is 14.9. The Labute approximate surface area is 185 Å². The zero-order valence-corrected chi connectivity index (χ0v) is 19.2. The van der Waals surface area contributed by atoms with Crippen molar-refractivity contribution < 1.29 is 23.7 Å². The van der Waals surface area contributed by atoms with Crippen LogP contribution in [0.3, 0.4) is 0 Å². The third-order valence-corrected chi connectivity index (χ3v) is 4.41. The van der Waals surface area contributed by atoms with Gasteiger partial charge in [0.05, 0.1) is 32.5 Å². The second-order valence-electron chi connectivity index (χ2n) is 7.87. The van der Waals surface area contributed by atoms with E-state index in [4.69, 9.17) is 18.9 Å². The van der Waals surface area contributed by atoms with Gasteiger partial charge >= 0.3 is 0 Å². The summed E-state index contributed by atoms with van der Waals surface area (Å²) >= 11 is 0. The van der Waals surface area contributed by atoms with Gasteiger partial charge in [0.2, 0.25) is 0 Å². The first-order valence-corrected chi connectivity index (χ1v) is 10.8. The number of carbonyl (C=O) groups is 1. The van der Waals surface area contributed by atoms with E-state index < -0.39 is 6.10 Å². The fourth-order valence-electron chi connectivity index (χ4n) is 3.03. The van der Waals surface area contributed by atoms with Crippen LogP contribution in [0, 0.1) is 0 Å². The van der Waals surface area contributed by atoms with E-state index >= 15 is 0 Å². The highest BCUT2D eigenvalue weighted by Crippen LogP contribution is 2.29. The minimum atomic E-state index is -0.653. The molecule has 0 bridgehead atoms. The summed E-state index contributed by atoms with van der Waals surface area (Å²) in [6.07, 6.45) is 0.0125. The first kappa shape index (κ1) is 24.7. The molecule has 0 aliphatic carbocycles. The summed E-state index contributed by atoms with van der Waals surface area (Å²) in [4.78, 5) is 12.6. The molecule has 0 saturated heterocycles. The van der Waals surface area contributed by atoms with Crippen LogP contribution in [0.1, 0.15) is 38.8 Å². The van der Waals surface area contributed by atoms with Crippen LogP contribution in [0.5, 0.6) is 11.5 Å². The number of hydrogen-bond donors (Lipinski definition) is 1. The zero-order chi connectivity index (χ0) is 22.6. The largest absolute Gasteiger partial charge is 0.493 e. The molecule has 0 heterocycles. The van der Waals surface area contributed by atoms with E-state index in [2.05, 4.69) is 5.32 Å². The number of carbonyl (C=O) groups excluding carboxylic acids is 1. The maximum atomic E-state index is 12.6. The molecule has 2 rings (SSSR count). The number of ether oxygens (including phenoxy) is 4. The second-order valence-corrected chi connectivity index (χ2v) is 7.87. The molecule has 2 aromatic carbocycles. The van der Waals surface area contributed by atoms with E-state index in [1.165, 1.54) is 0 Å². The molecular formula is C25H35NO5. The quantitative estimate of drug-likeness (QED) is 0.518. The summed E-state index contributed by atoms with van der Waals surface area (Å²) in [6, 6.07) is 15.7. The zero-order valence-electron chi connectivity index (χ0n) is 19.2. The van der Waals surface area contributed by atoms with Crippen LogP contribution in [-0.4, -0.2) is 44.5 Å². The Morgan fingerprint density at radius 2 is 1.68 bits per heavy atom. The predicted molar refractivity (Wildman–Crippen MR) is 122 cm³/mol. The molecule has 0 aliphatic rings. The number of benzene rings is 2. The Balaban J connectivity index is 1.85. The van der Waals surface area contributed by atoms with Gasteiger partial charge in [0.15, 0.2) is 17.6 Å². The molecule has 0 radical (unpaired) electrons. The van der Waals surface area contributed by atoms with Crippen LogP contribution in [0.25, 0.3) is 0 Å². The number of rotatable bonds is 13. The highest BCUT2D eigenvalue weighted by Gasteiger charge is 2.20. The Morgan fingerprint density at radius 3 is 2.32 bits per heavy atom. The smallest absolute Gasteiger partial charge is 0.251 e. The standard InChI is InChI=1S/C25H35NO5/c1-18(2)30-22-12-11-20(15-23(22)28-5)13-14-26-25(27)24(31-19(3)4)17-29-16-21-9-7-6-8-10-21/h6-12,15,18-19,24H,13-14,16-17H2,1-5H3,(H,26,27)/t24-/m0/s1. The molecule has 6 heteroatoms. The van der Waals surface area contributed by atoms with Crippen molar-refractivity contribution in [3.8, 4) is 11.5 Å². The van der Waals surface area contributed by atoms with Gasteiger partial charge in [-0.1, -0.05) is 36.4 Å². The summed E-state index contributed by atoms with van der Waals surface area (Å²) < 4.78 is 22.7. The second kappa shape index (κ2) is 13.0. The van der Waals surface area contributed by atoms with Gasteiger partial charge in [-0.25, -0.2) is 0 Å². The lowest BCUT2D eigenvalue weighted by molar-refractivity contribution is -0.141. The van der Waals surface area contributed by atoms with Crippen molar-refractivity contribution >= 4 is 5.91 Å². The third kappa shape index (κ3) is 8.99. The number of nitrogens with one attached hydrogen (secondary N) is 1. The van der Waals surface area contributed by atoms with Gasteiger partial charge in [0.25, 0.3) is 5.91 Å². The molecule has 170 valence electrons. The van der Waals surface area contributed by atoms with E-state index in [1.807, 2.05) is 76.2 Å². The lowest BCUT2D eigenvalue weighted by Crippen LogP contribution is -2.41. The number of methoxy groups -OCH3 is 1. The van der Waals surface area contributed by atoms with Crippen LogP contribution in [-0.2, 0) is 27.3 Å². The number of hydrogen-bond acceptors (Lipinski definition) is 5. The van der Waals surface area contributed by atoms with Gasteiger partial charge in [0, 0.05) is 6.54 Å². The van der Waals surface area contributed by atoms with Crippen molar-refractivity contribution in [2.75, 3.05) is 20.3 Å². The molecule has 1 N–H and O–H groups in total. The van der Waals surface area contributed by atoms with Crippen LogP contribution >= 0.6 is 0 Å². The van der Waals surface area contributed by atoms with Crippen molar-refractivity contribution in [1.29, 1.82) is 0 Å². The highest BCUT2D eigenvalue weighted by atomic mass is 16.5. The lowest BCUT2D eigenvalue weighted by Gasteiger charge is -2.20. The Bertz CT molecular complexity index is 792. The third-order valence-electron chi connectivity index (χ3n) is 4.41. The molecule has 0 fully saturated rings. The molecule has 0 unspecified atom stereocenters. The maximum Gasteiger partial charge on any atom is 0.251 e. The van der Waals surface area contributed by atoms with Crippen molar-refractivity contribution in [2.24, 2.45) is 0 Å². The van der Waals surface area contributed by atoms with Crippen molar-refractivity contribution in [3.63, 3.8) is 0 Å². The molecule has 0 spiro atoms. The van der Waals surface area contributed by atoms with Gasteiger partial charge in [-0.05, 0) is 57.4 Å². The fraction of sp³-hybridized carbons (Fsp3) is 0.480. The van der Waals surface area contributed by atoms with Crippen LogP contribution < -0.4 is 14.8 Å². The SMILES string of the molecule is COc1cc(CCNC(=O)[C@H](COCc2ccccc2)OC(C)C)ccc1OC(C)C. The van der Waals surface area contributed by atoms with Crippen molar-refractivity contribution in [1.82, 2.24) is 5.32 Å². The van der Waals surface area contributed by atoms with Crippen molar-refractivity contribution in [2.45, 2.75) is 59.0 Å². The molecule has 31 heavy (non-hydrogen) atoms. The van der Waals surface area contributed by atoms with E-state index in [0.29, 0.717) is 31.1 Å². The minimum absolute atomic E-state index is 0.0704. The van der Waals surface area contributed by atoms with E-state index in [0.717, 1.165) is 11.1 Å². The van der Waals surface area contributed by atoms with Gasteiger partial charge in [0.1, 0.15) is 0 Å². The maximum absolute atomic E-state index is 12.6. The molecule has 2 aromatic rings. The van der Waals surface area contributed by atoms with Crippen LogP contribution in [0.2, 0.25) is 0 Å². The first-order valence-electron chi connectivity index (χ1n) is 10.8. The van der Waals surface area contributed by atoms with Gasteiger partial charge < -0.3 is 24.3 Å². The normalized spacial score (nSPS) is 12.1. The van der Waals surface area contributed by atoms with Gasteiger partial charge in [-0.2, -0.15) is 0 Å². The average molecular weight is 430 g/mol. The van der Waals surface area contributed by atoms with Crippen LogP contribution in [0.4, 0.5) is 0 Å². The average Bonchev–Trinajstić information content (AvgIpc) is 2.74. The minimum Gasteiger partial charge on any atom is -0.493 e. The highest BCUT2D eigenvalue weighted by molar-refractivity contribution is 5.80. The van der Waals surface area contributed by atoms with Gasteiger partial charge in [-0.3, -0.25) is 4.79 Å². The number of amides is 1. The monoisotopic (exact) mass is 429 g/mol. The topological polar surface area (TPSA) is 66.0 Å². The van der Waals surface area contributed by atoms with E-state index in [1.54, 1.807) is 7.11 Å². The molecule has 0 aliphatic heterocycles. The van der Waals surface area contributed by atoms with E-state index in [-0.39, 0.29) is 24.7 Å². The molecule has 1 amide bonds. The Morgan fingerprint density at radius 1 is 0.935 bits per heavy atom. The summed E-state index contributed by atoms with van der Waals surface area (Å²) in [6.45, 7) is 8.90. The molecule has 6 nitrogen and oxygen atoms in total. The van der Waals surface area contributed by atoms with Crippen LogP contribution in [0.15, 0.2) is 48.5 Å². The Kier molecular flexibility index (Phi) is 10.3. The summed E-state index contributed by atoms with van der Waals surface area (Å²) in [5.41, 5.74) is 2.11. The van der Waals surface area contributed by atoms with Crippen molar-refractivity contribution in [3.05, 3.63) is 59.7 Å². The fourth-order valence-corrected chi connectivity index (χ4v) is 3.03. The molecular weight excluding hydrogens is 394 g/mol. The lowest BCUT2D eigenvalue weighted by atomic mass is 10.1. The summed E-state index contributed by atoms with van der Waals surface area (Å²) in [7, 11) is 1.62. The molecule has 1 atom stereocenters. The predicted octanol–water partition coefficient (Wildman–Crippen LogP) is 4.15. The molecule has 0 aromatic heterocycles. The molecule has 0 saturated carbocycles. The summed E-state index contributed by atoms with van der Waals surface area (Å²) in [5.74, 6) is 1.23. The van der Waals surface area contributed by atoms with Gasteiger partial charge in [-0.15, -0.1) is 0 Å². The summed E-state index contributed by atoms with van der Waals surface area (Å²) in [5, 5.41) is 2.95. The van der Waals surface area contributed by atoms with E-state index in [9.17, 15) is 4.79 Å².